The minimum atomic E-state index is -4.65. The van der Waals surface area contributed by atoms with Crippen molar-refractivity contribution in [2.45, 2.75) is 11.8 Å². The first-order valence-electron chi connectivity index (χ1n) is 7.52. The van der Waals surface area contributed by atoms with E-state index >= 15 is 0 Å². The van der Waals surface area contributed by atoms with E-state index in [1.165, 1.54) is 38.8 Å². The number of hydrogen-bond donors (Lipinski definition) is 1. The average molecular weight is 354 g/mol. The van der Waals surface area contributed by atoms with Gasteiger partial charge in [-0.1, -0.05) is 0 Å². The quantitative estimate of drug-likeness (QED) is 0.834. The average Bonchev–Trinajstić information content (AvgIpc) is 2.90. The third-order valence-corrected chi connectivity index (χ3v) is 4.05. The van der Waals surface area contributed by atoms with Crippen LogP contribution in [0.5, 0.6) is 5.75 Å². The molecule has 0 saturated heterocycles. The fourth-order valence-corrected chi connectivity index (χ4v) is 2.89. The van der Waals surface area contributed by atoms with Crippen LogP contribution in [0, 0.1) is 0 Å². The van der Waals surface area contributed by atoms with Crippen molar-refractivity contribution < 1.29 is 22.6 Å². The Balaban J connectivity index is 2.11. The van der Waals surface area contributed by atoms with Gasteiger partial charge in [-0.2, -0.15) is 13.2 Å². The van der Waals surface area contributed by atoms with Gasteiger partial charge in [0.25, 0.3) is 0 Å². The maximum Gasteiger partial charge on any atom is 0.435 e. The maximum atomic E-state index is 14.3. The molecule has 3 heterocycles. The minimum Gasteiger partial charge on any atom is -0.489 e. The molecule has 0 fully saturated rings. The smallest absolute Gasteiger partial charge is 0.435 e. The van der Waals surface area contributed by atoms with Gasteiger partial charge in [-0.15, -0.1) is 0 Å². The molecule has 0 bridgehead atoms. The van der Waals surface area contributed by atoms with Crippen LogP contribution in [0.15, 0.2) is 36.8 Å². The zero-order chi connectivity index (χ0) is 18.1. The van der Waals surface area contributed by atoms with Gasteiger partial charge in [-0.3, -0.25) is 4.98 Å². The molecule has 1 unspecified atom stereocenters. The number of hydrogen-bond acceptors (Lipinski definition) is 6. The summed E-state index contributed by atoms with van der Waals surface area (Å²) in [6.07, 6.45) is -0.627. The molecule has 134 valence electrons. The number of nitrogens with zero attached hydrogens (tertiary/aromatic N) is 3. The van der Waals surface area contributed by atoms with Crippen LogP contribution in [0.2, 0.25) is 0 Å². The van der Waals surface area contributed by atoms with Crippen LogP contribution >= 0.6 is 0 Å². The minimum absolute atomic E-state index is 0.0315. The van der Waals surface area contributed by atoms with Gasteiger partial charge >= 0.3 is 6.18 Å². The van der Waals surface area contributed by atoms with E-state index in [0.29, 0.717) is 5.69 Å². The summed E-state index contributed by atoms with van der Waals surface area (Å²) in [4.78, 5) is 9.02. The maximum absolute atomic E-state index is 14.3. The molecule has 25 heavy (non-hydrogen) atoms. The van der Waals surface area contributed by atoms with E-state index in [0.717, 1.165) is 4.90 Å². The van der Waals surface area contributed by atoms with Crippen LogP contribution in [0.25, 0.3) is 0 Å². The highest BCUT2D eigenvalue weighted by molar-refractivity contribution is 5.76. The Morgan fingerprint density at radius 2 is 2.04 bits per heavy atom. The Hall–Kier alpha value is -2.55. The highest BCUT2D eigenvalue weighted by Gasteiger charge is 2.64. The fraction of sp³-hybridized carbons (Fsp3) is 0.375. The van der Waals surface area contributed by atoms with Crippen molar-refractivity contribution in [1.29, 1.82) is 0 Å². The first-order valence-corrected chi connectivity index (χ1v) is 7.52. The van der Waals surface area contributed by atoms with Crippen molar-refractivity contribution in [3.05, 3.63) is 42.4 Å². The second-order valence-electron chi connectivity index (χ2n) is 5.48. The summed E-state index contributed by atoms with van der Waals surface area (Å²) in [7, 11) is 2.83. The predicted molar refractivity (Wildman–Crippen MR) is 85.6 cm³/mol. The van der Waals surface area contributed by atoms with E-state index in [1.807, 2.05) is 0 Å². The Labute approximate surface area is 142 Å². The van der Waals surface area contributed by atoms with Crippen LogP contribution in [-0.2, 0) is 10.4 Å². The summed E-state index contributed by atoms with van der Waals surface area (Å²) < 4.78 is 53.1. The van der Waals surface area contributed by atoms with E-state index in [2.05, 4.69) is 15.3 Å². The zero-order valence-corrected chi connectivity index (χ0v) is 13.7. The van der Waals surface area contributed by atoms with Crippen molar-refractivity contribution in [3.8, 4) is 5.75 Å². The van der Waals surface area contributed by atoms with E-state index < -0.39 is 11.8 Å². The van der Waals surface area contributed by atoms with Crippen LogP contribution in [-0.4, -0.2) is 43.5 Å². The topological polar surface area (TPSA) is 59.5 Å². The molecule has 0 amide bonds. The second-order valence-corrected chi connectivity index (χ2v) is 5.48. The fourth-order valence-electron chi connectivity index (χ4n) is 2.89. The lowest BCUT2D eigenvalue weighted by atomic mass is 9.98. The summed E-state index contributed by atoms with van der Waals surface area (Å²) in [5.74, 6) is 0.239. The van der Waals surface area contributed by atoms with Gasteiger partial charge in [0, 0.05) is 26.6 Å². The molecule has 6 nitrogen and oxygen atoms in total. The van der Waals surface area contributed by atoms with Gasteiger partial charge in [0.05, 0.1) is 24.1 Å². The number of halogens is 3. The summed E-state index contributed by atoms with van der Waals surface area (Å²) in [6, 6.07) is 4.43. The third-order valence-electron chi connectivity index (χ3n) is 4.05. The van der Waals surface area contributed by atoms with Crippen molar-refractivity contribution >= 4 is 11.5 Å². The largest absolute Gasteiger partial charge is 0.489 e. The van der Waals surface area contributed by atoms with E-state index in [9.17, 15) is 13.2 Å². The number of alkyl halides is 3. The van der Waals surface area contributed by atoms with Gasteiger partial charge in [0.2, 0.25) is 5.66 Å². The molecule has 1 aliphatic rings. The summed E-state index contributed by atoms with van der Waals surface area (Å²) in [6.45, 7) is 0.358. The molecule has 0 aliphatic carbocycles. The van der Waals surface area contributed by atoms with Crippen LogP contribution in [0.3, 0.4) is 0 Å². The zero-order valence-electron chi connectivity index (χ0n) is 13.7. The van der Waals surface area contributed by atoms with E-state index in [4.69, 9.17) is 9.47 Å². The molecule has 9 heteroatoms. The molecule has 1 N–H and O–H groups in total. The predicted octanol–water partition coefficient (Wildman–Crippen LogP) is 2.78. The molecule has 2 aromatic heterocycles. The number of ether oxygens (including phenoxy) is 2. The number of methoxy groups -OCH3 is 1. The number of anilines is 2. The Kier molecular flexibility index (Phi) is 4.42. The van der Waals surface area contributed by atoms with Crippen LogP contribution in [0.1, 0.15) is 5.56 Å². The molecule has 0 spiro atoms. The molecular weight excluding hydrogens is 337 g/mol. The highest BCUT2D eigenvalue weighted by atomic mass is 19.4. The van der Waals surface area contributed by atoms with E-state index in [-0.39, 0.29) is 30.3 Å². The van der Waals surface area contributed by atoms with E-state index in [1.54, 1.807) is 12.1 Å². The number of rotatable bonds is 5. The molecular formula is C16H17F3N4O2. The lowest BCUT2D eigenvalue weighted by Crippen LogP contribution is -2.57. The van der Waals surface area contributed by atoms with Crippen molar-refractivity contribution in [2.75, 3.05) is 37.6 Å². The molecule has 0 saturated carbocycles. The summed E-state index contributed by atoms with van der Waals surface area (Å²) in [5.41, 5.74) is -2.30. The molecule has 0 aromatic carbocycles. The lowest BCUT2D eigenvalue weighted by Gasteiger charge is -2.39. The first-order chi connectivity index (χ1) is 11.9. The van der Waals surface area contributed by atoms with Gasteiger partial charge in [-0.25, -0.2) is 4.98 Å². The highest BCUT2D eigenvalue weighted by Crippen LogP contribution is 2.53. The molecule has 1 aliphatic heterocycles. The van der Waals surface area contributed by atoms with Crippen LogP contribution in [0.4, 0.5) is 24.7 Å². The summed E-state index contributed by atoms with van der Waals surface area (Å²) >= 11 is 0. The first kappa shape index (κ1) is 17.3. The monoisotopic (exact) mass is 354 g/mol. The second kappa shape index (κ2) is 6.40. The van der Waals surface area contributed by atoms with Gasteiger partial charge in [-0.05, 0) is 18.2 Å². The van der Waals surface area contributed by atoms with Gasteiger partial charge in [0.15, 0.2) is 5.82 Å². The third kappa shape index (κ3) is 2.74. The standard InChI is InChI=1S/C16H17F3N4O2/c1-23-14-12(4-3-6-21-14)22-15(23,16(17,18)19)11-5-7-20-10-13(11)25-9-8-24-2/h3-7,10,22H,8-9H2,1-2H3. The van der Waals surface area contributed by atoms with Crippen LogP contribution < -0.4 is 15.0 Å². The number of nitrogens with one attached hydrogen (secondary N) is 1. The summed E-state index contributed by atoms with van der Waals surface area (Å²) in [5, 5.41) is 2.58. The Bertz CT molecular complexity index is 756. The Morgan fingerprint density at radius 1 is 1.24 bits per heavy atom. The molecule has 0 radical (unpaired) electrons. The SMILES string of the molecule is COCCOc1cnccc1C1(C(F)(F)F)Nc2cccnc2N1C. The van der Waals surface area contributed by atoms with Crippen molar-refractivity contribution in [1.82, 2.24) is 9.97 Å². The van der Waals surface area contributed by atoms with Gasteiger partial charge < -0.3 is 19.7 Å². The van der Waals surface area contributed by atoms with Gasteiger partial charge in [0.1, 0.15) is 12.4 Å². The molecule has 2 aromatic rings. The molecule has 3 rings (SSSR count). The lowest BCUT2D eigenvalue weighted by molar-refractivity contribution is -0.180. The number of fused-ring (bicyclic) bond motifs is 1. The molecule has 1 atom stereocenters. The number of pyridine rings is 2. The van der Waals surface area contributed by atoms with Crippen molar-refractivity contribution in [3.63, 3.8) is 0 Å². The van der Waals surface area contributed by atoms with Crippen molar-refractivity contribution in [2.24, 2.45) is 0 Å². The normalized spacial score (nSPS) is 19.5. The Morgan fingerprint density at radius 3 is 2.72 bits per heavy atom. The number of aromatic nitrogens is 2.